The Morgan fingerprint density at radius 2 is 1.59 bits per heavy atom. The summed E-state index contributed by atoms with van der Waals surface area (Å²) >= 11 is 3.25. The minimum Gasteiger partial charge on any atom is -0.456 e. The van der Waals surface area contributed by atoms with Gasteiger partial charge in [-0.25, -0.2) is 13.1 Å². The van der Waals surface area contributed by atoms with Crippen LogP contribution in [-0.4, -0.2) is 45.8 Å². The lowest BCUT2D eigenvalue weighted by atomic mass is 10.1. The van der Waals surface area contributed by atoms with E-state index in [1.807, 2.05) is 6.92 Å². The quantitative estimate of drug-likeness (QED) is 0.413. The lowest BCUT2D eigenvalue weighted by Gasteiger charge is -2.08. The number of halogens is 1. The number of sulfonamides is 1. The van der Waals surface area contributed by atoms with Crippen LogP contribution in [0.5, 0.6) is 0 Å². The molecule has 0 aliphatic carbocycles. The van der Waals surface area contributed by atoms with Gasteiger partial charge in [-0.2, -0.15) is 0 Å². The minimum atomic E-state index is -3.84. The number of benzene rings is 2. The predicted molar refractivity (Wildman–Crippen MR) is 109 cm³/mol. The van der Waals surface area contributed by atoms with Gasteiger partial charge in [-0.3, -0.25) is 14.4 Å². The van der Waals surface area contributed by atoms with Crippen molar-refractivity contribution in [1.82, 2.24) is 10.0 Å². The summed E-state index contributed by atoms with van der Waals surface area (Å²) in [6, 6.07) is 12.7. The summed E-state index contributed by atoms with van der Waals surface area (Å²) in [5, 5.41) is 2.23. The van der Waals surface area contributed by atoms with Gasteiger partial charge >= 0.3 is 5.97 Å². The summed E-state index contributed by atoms with van der Waals surface area (Å²) in [6.07, 6.45) is 0. The number of hydrogen-bond acceptors (Lipinski definition) is 6. The van der Waals surface area contributed by atoms with E-state index in [9.17, 15) is 22.8 Å². The third-order valence-corrected chi connectivity index (χ3v) is 5.66. The minimum absolute atomic E-state index is 0.0294. The molecule has 0 aromatic heterocycles. The first kappa shape index (κ1) is 22.7. The van der Waals surface area contributed by atoms with E-state index in [1.165, 1.54) is 12.1 Å². The van der Waals surface area contributed by atoms with Crippen LogP contribution in [0.2, 0.25) is 0 Å². The summed E-state index contributed by atoms with van der Waals surface area (Å²) in [4.78, 5) is 35.4. The molecule has 0 atom stereocenters. The molecule has 0 fully saturated rings. The topological polar surface area (TPSA) is 119 Å². The number of carbonyl (C=O) groups is 3. The Labute approximate surface area is 176 Å². The number of rotatable bonds is 9. The van der Waals surface area contributed by atoms with E-state index in [0.717, 1.165) is 10.0 Å². The Balaban J connectivity index is 1.72. The van der Waals surface area contributed by atoms with Gasteiger partial charge in [0.2, 0.25) is 15.9 Å². The normalized spacial score (nSPS) is 11.0. The van der Waals surface area contributed by atoms with Crippen molar-refractivity contribution in [3.05, 3.63) is 64.1 Å². The van der Waals surface area contributed by atoms with Crippen LogP contribution >= 0.6 is 15.9 Å². The average molecular weight is 483 g/mol. The van der Waals surface area contributed by atoms with Gasteiger partial charge in [0.15, 0.2) is 12.4 Å². The van der Waals surface area contributed by atoms with Crippen LogP contribution in [-0.2, 0) is 24.3 Å². The molecule has 0 aliphatic rings. The van der Waals surface area contributed by atoms with Crippen LogP contribution in [0.4, 0.5) is 0 Å². The second kappa shape index (κ2) is 10.3. The molecule has 2 N–H and O–H groups in total. The number of ether oxygens (including phenoxy) is 1. The lowest BCUT2D eigenvalue weighted by molar-refractivity contribution is -0.142. The van der Waals surface area contributed by atoms with Crippen LogP contribution in [0.3, 0.4) is 0 Å². The van der Waals surface area contributed by atoms with E-state index in [0.29, 0.717) is 5.56 Å². The largest absolute Gasteiger partial charge is 0.456 e. The first-order valence-corrected chi connectivity index (χ1v) is 10.7. The maximum Gasteiger partial charge on any atom is 0.325 e. The average Bonchev–Trinajstić information content (AvgIpc) is 2.70. The van der Waals surface area contributed by atoms with Crippen molar-refractivity contribution in [2.24, 2.45) is 0 Å². The molecule has 0 aliphatic heterocycles. The van der Waals surface area contributed by atoms with Crippen molar-refractivity contribution < 1.29 is 27.5 Å². The van der Waals surface area contributed by atoms with Gasteiger partial charge in [-0.15, -0.1) is 0 Å². The summed E-state index contributed by atoms with van der Waals surface area (Å²) in [7, 11) is -3.84. The molecule has 10 heteroatoms. The van der Waals surface area contributed by atoms with Crippen molar-refractivity contribution in [2.45, 2.75) is 11.8 Å². The molecular formula is C19H19BrN2O6S. The van der Waals surface area contributed by atoms with E-state index in [-0.39, 0.29) is 10.7 Å². The van der Waals surface area contributed by atoms with Gasteiger partial charge in [0.1, 0.15) is 6.54 Å². The van der Waals surface area contributed by atoms with Crippen molar-refractivity contribution in [3.8, 4) is 0 Å². The Morgan fingerprint density at radius 1 is 0.966 bits per heavy atom. The molecule has 0 spiro atoms. The number of hydrogen-bond donors (Lipinski definition) is 2. The van der Waals surface area contributed by atoms with Crippen LogP contribution in [0.1, 0.15) is 15.9 Å². The molecule has 8 nitrogen and oxygen atoms in total. The smallest absolute Gasteiger partial charge is 0.325 e. The molecule has 0 saturated carbocycles. The predicted octanol–water partition coefficient (Wildman–Crippen LogP) is 1.58. The highest BCUT2D eigenvalue weighted by Crippen LogP contribution is 2.11. The fourth-order valence-electron chi connectivity index (χ4n) is 2.11. The Bertz CT molecular complexity index is 988. The van der Waals surface area contributed by atoms with Crippen LogP contribution < -0.4 is 10.0 Å². The molecule has 0 radical (unpaired) electrons. The lowest BCUT2D eigenvalue weighted by Crippen LogP contribution is -2.39. The van der Waals surface area contributed by atoms with E-state index in [1.54, 1.807) is 36.4 Å². The fraction of sp³-hybridized carbons (Fsp3) is 0.211. The second-order valence-corrected chi connectivity index (χ2v) is 8.69. The zero-order chi connectivity index (χ0) is 21.4. The third-order valence-electron chi connectivity index (χ3n) is 3.71. The van der Waals surface area contributed by atoms with Crippen LogP contribution in [0.15, 0.2) is 57.9 Å². The van der Waals surface area contributed by atoms with Crippen molar-refractivity contribution in [3.63, 3.8) is 0 Å². The number of amides is 1. The SMILES string of the molecule is Cc1ccc(S(=O)(=O)NCC(=O)NCC(=O)OCC(=O)c2ccc(Br)cc2)cc1. The molecule has 154 valence electrons. The molecule has 0 saturated heterocycles. The second-order valence-electron chi connectivity index (χ2n) is 6.01. The van der Waals surface area contributed by atoms with Gasteiger partial charge in [-0.05, 0) is 31.2 Å². The van der Waals surface area contributed by atoms with E-state index in [4.69, 9.17) is 4.74 Å². The van der Waals surface area contributed by atoms with Gasteiger partial charge in [-0.1, -0.05) is 45.8 Å². The first-order valence-electron chi connectivity index (χ1n) is 8.45. The van der Waals surface area contributed by atoms with Crippen molar-refractivity contribution in [2.75, 3.05) is 19.7 Å². The molecule has 0 bridgehead atoms. The van der Waals surface area contributed by atoms with Gasteiger partial charge in [0, 0.05) is 10.0 Å². The van der Waals surface area contributed by atoms with Crippen LogP contribution in [0, 0.1) is 6.92 Å². The summed E-state index contributed by atoms with van der Waals surface area (Å²) < 4.78 is 32.0. The summed E-state index contributed by atoms with van der Waals surface area (Å²) in [5.41, 5.74) is 1.29. The number of nitrogens with one attached hydrogen (secondary N) is 2. The van der Waals surface area contributed by atoms with Crippen LogP contribution in [0.25, 0.3) is 0 Å². The van der Waals surface area contributed by atoms with Gasteiger partial charge in [0.25, 0.3) is 0 Å². The number of carbonyl (C=O) groups excluding carboxylic acids is 3. The summed E-state index contributed by atoms with van der Waals surface area (Å²) in [5.74, 6) is -1.91. The van der Waals surface area contributed by atoms with E-state index in [2.05, 4.69) is 26.0 Å². The highest BCUT2D eigenvalue weighted by atomic mass is 79.9. The zero-order valence-electron chi connectivity index (χ0n) is 15.5. The maximum atomic E-state index is 12.1. The fourth-order valence-corrected chi connectivity index (χ4v) is 3.36. The zero-order valence-corrected chi connectivity index (χ0v) is 17.9. The molecule has 29 heavy (non-hydrogen) atoms. The number of esters is 1. The van der Waals surface area contributed by atoms with E-state index < -0.39 is 41.6 Å². The first-order chi connectivity index (χ1) is 13.7. The number of aryl methyl sites for hydroxylation is 1. The standard InChI is InChI=1S/C19H19BrN2O6S/c1-13-2-8-16(9-3-13)29(26,27)22-10-18(24)21-11-19(25)28-12-17(23)14-4-6-15(20)7-5-14/h2-9,22H,10-12H2,1H3,(H,21,24). The molecular weight excluding hydrogens is 464 g/mol. The molecule has 0 heterocycles. The number of ketones is 1. The molecule has 0 unspecified atom stereocenters. The van der Waals surface area contributed by atoms with E-state index >= 15 is 0 Å². The molecule has 2 aromatic rings. The highest BCUT2D eigenvalue weighted by molar-refractivity contribution is 9.10. The Hall–Kier alpha value is -2.56. The third kappa shape index (κ3) is 7.41. The molecule has 2 rings (SSSR count). The van der Waals surface area contributed by atoms with Crippen molar-refractivity contribution >= 4 is 43.6 Å². The maximum absolute atomic E-state index is 12.1. The number of Topliss-reactive ketones (excluding diaryl/α,β-unsaturated/α-hetero) is 1. The molecule has 1 amide bonds. The van der Waals surface area contributed by atoms with Gasteiger partial charge < -0.3 is 10.1 Å². The van der Waals surface area contributed by atoms with Gasteiger partial charge in [0.05, 0.1) is 11.4 Å². The Morgan fingerprint density at radius 3 is 2.21 bits per heavy atom. The Kier molecular flexibility index (Phi) is 8.06. The van der Waals surface area contributed by atoms with Crippen molar-refractivity contribution in [1.29, 1.82) is 0 Å². The monoisotopic (exact) mass is 482 g/mol. The molecule has 2 aromatic carbocycles. The highest BCUT2D eigenvalue weighted by Gasteiger charge is 2.16. The summed E-state index contributed by atoms with van der Waals surface area (Å²) in [6.45, 7) is 0.333.